The third kappa shape index (κ3) is 4.61. The van der Waals surface area contributed by atoms with Gasteiger partial charge in [-0.25, -0.2) is 0 Å². The van der Waals surface area contributed by atoms with Gasteiger partial charge in [0.25, 0.3) is 17.7 Å². The monoisotopic (exact) mass is 543 g/mol. The van der Waals surface area contributed by atoms with E-state index in [9.17, 15) is 28.8 Å². The number of amides is 6. The Morgan fingerprint density at radius 2 is 1.57 bits per heavy atom. The number of imide groups is 2. The van der Waals surface area contributed by atoms with Crippen LogP contribution in [0.3, 0.4) is 0 Å². The van der Waals surface area contributed by atoms with E-state index in [4.69, 9.17) is 0 Å². The molecule has 4 aliphatic rings. The molecule has 1 aliphatic carbocycles. The summed E-state index contributed by atoms with van der Waals surface area (Å²) >= 11 is 0. The van der Waals surface area contributed by atoms with Crippen molar-refractivity contribution in [3.63, 3.8) is 0 Å². The molecule has 0 aromatic heterocycles. The molecule has 2 N–H and O–H groups in total. The van der Waals surface area contributed by atoms with Crippen LogP contribution in [0.4, 0.5) is 5.69 Å². The topological polar surface area (TPSA) is 136 Å². The zero-order valence-corrected chi connectivity index (χ0v) is 21.8. The molecule has 6 amide bonds. The van der Waals surface area contributed by atoms with Gasteiger partial charge in [-0.1, -0.05) is 24.3 Å². The van der Waals surface area contributed by atoms with Gasteiger partial charge in [-0.2, -0.15) is 0 Å². The fraction of sp³-hybridized carbons (Fsp3) is 0.379. The van der Waals surface area contributed by atoms with Gasteiger partial charge in [0.05, 0.1) is 16.8 Å². The Kier molecular flexibility index (Phi) is 6.57. The maximum atomic E-state index is 13.5. The minimum Gasteiger partial charge on any atom is -0.367 e. The summed E-state index contributed by atoms with van der Waals surface area (Å²) in [5.41, 5.74) is 1.55. The van der Waals surface area contributed by atoms with E-state index in [1.807, 2.05) is 11.0 Å². The molecular formula is C29H29N5O6. The molecule has 2 aromatic rings. The second-order valence-electron chi connectivity index (χ2n) is 10.6. The highest BCUT2D eigenvalue weighted by atomic mass is 16.2. The van der Waals surface area contributed by atoms with Crippen LogP contribution in [-0.2, 0) is 14.4 Å². The number of nitrogens with one attached hydrogen (secondary N) is 2. The number of carbonyl (C=O) groups excluding carboxylic acids is 6. The van der Waals surface area contributed by atoms with Gasteiger partial charge < -0.3 is 15.1 Å². The molecule has 6 rings (SSSR count). The second kappa shape index (κ2) is 10.2. The highest BCUT2D eigenvalue weighted by molar-refractivity contribution is 6.25. The number of carbonyl (C=O) groups is 6. The van der Waals surface area contributed by atoms with E-state index in [1.165, 1.54) is 0 Å². The van der Waals surface area contributed by atoms with Gasteiger partial charge in [0.2, 0.25) is 17.7 Å². The summed E-state index contributed by atoms with van der Waals surface area (Å²) in [6.07, 6.45) is 1.93. The number of fused-ring (bicyclic) bond motifs is 1. The SMILES string of the molecule is O=C1CCC(N2C(=O)c3cccc(N4CCN(C(=O)C(NC(=O)c5ccccc5)C5CC5)CC4)c3C2=O)C(=O)N1. The number of rotatable bonds is 6. The quantitative estimate of drug-likeness (QED) is 0.518. The van der Waals surface area contributed by atoms with E-state index in [2.05, 4.69) is 10.6 Å². The fourth-order valence-electron chi connectivity index (χ4n) is 5.75. The summed E-state index contributed by atoms with van der Waals surface area (Å²) in [5, 5.41) is 5.15. The number of hydrogen-bond acceptors (Lipinski definition) is 7. The molecule has 3 heterocycles. The zero-order valence-electron chi connectivity index (χ0n) is 21.8. The second-order valence-corrected chi connectivity index (χ2v) is 10.6. The summed E-state index contributed by atoms with van der Waals surface area (Å²) in [7, 11) is 0. The van der Waals surface area contributed by atoms with Crippen LogP contribution < -0.4 is 15.5 Å². The number of hydrogen-bond donors (Lipinski definition) is 2. The Morgan fingerprint density at radius 3 is 2.25 bits per heavy atom. The largest absolute Gasteiger partial charge is 0.367 e. The molecule has 2 unspecified atom stereocenters. The van der Waals surface area contributed by atoms with Gasteiger partial charge >= 0.3 is 0 Å². The maximum Gasteiger partial charge on any atom is 0.264 e. The summed E-state index contributed by atoms with van der Waals surface area (Å²) < 4.78 is 0. The lowest BCUT2D eigenvalue weighted by atomic mass is 10.0. The van der Waals surface area contributed by atoms with Crippen molar-refractivity contribution in [3.05, 3.63) is 65.2 Å². The van der Waals surface area contributed by atoms with Crippen molar-refractivity contribution in [2.45, 2.75) is 37.8 Å². The Labute approximate surface area is 230 Å². The molecule has 206 valence electrons. The van der Waals surface area contributed by atoms with Crippen molar-refractivity contribution in [1.82, 2.24) is 20.4 Å². The lowest BCUT2D eigenvalue weighted by molar-refractivity contribution is -0.136. The van der Waals surface area contributed by atoms with Gasteiger partial charge in [0, 0.05) is 38.2 Å². The van der Waals surface area contributed by atoms with Crippen molar-refractivity contribution in [2.24, 2.45) is 5.92 Å². The summed E-state index contributed by atoms with van der Waals surface area (Å²) in [4.78, 5) is 81.6. The Hall–Kier alpha value is -4.54. The number of piperazine rings is 1. The van der Waals surface area contributed by atoms with Crippen LogP contribution in [0, 0.1) is 5.92 Å². The van der Waals surface area contributed by atoms with Crippen molar-refractivity contribution in [2.75, 3.05) is 31.1 Å². The summed E-state index contributed by atoms with van der Waals surface area (Å²) in [6.45, 7) is 1.66. The molecule has 11 nitrogen and oxygen atoms in total. The lowest BCUT2D eigenvalue weighted by Crippen LogP contribution is -2.56. The molecule has 3 fully saturated rings. The van der Waals surface area contributed by atoms with Crippen LogP contribution in [0.15, 0.2) is 48.5 Å². The van der Waals surface area contributed by atoms with Crippen molar-refractivity contribution >= 4 is 41.1 Å². The van der Waals surface area contributed by atoms with Gasteiger partial charge in [-0.05, 0) is 49.4 Å². The molecule has 40 heavy (non-hydrogen) atoms. The van der Waals surface area contributed by atoms with E-state index >= 15 is 0 Å². The number of piperidine rings is 1. The third-order valence-corrected chi connectivity index (χ3v) is 8.06. The first kappa shape index (κ1) is 25.7. The number of nitrogens with zero attached hydrogens (tertiary/aromatic N) is 3. The molecule has 3 aliphatic heterocycles. The first-order valence-electron chi connectivity index (χ1n) is 13.6. The molecule has 2 aromatic carbocycles. The maximum absolute atomic E-state index is 13.5. The number of anilines is 1. The van der Waals surface area contributed by atoms with Gasteiger partial charge in [0.15, 0.2) is 0 Å². The smallest absolute Gasteiger partial charge is 0.264 e. The van der Waals surface area contributed by atoms with Crippen LogP contribution in [0.2, 0.25) is 0 Å². The van der Waals surface area contributed by atoms with Gasteiger partial charge in [0.1, 0.15) is 12.1 Å². The minimum absolute atomic E-state index is 0.0559. The average Bonchev–Trinajstić information content (AvgIpc) is 3.78. The molecule has 2 saturated heterocycles. The van der Waals surface area contributed by atoms with Crippen LogP contribution in [0.1, 0.15) is 56.8 Å². The molecule has 11 heteroatoms. The van der Waals surface area contributed by atoms with Crippen LogP contribution >= 0.6 is 0 Å². The lowest BCUT2D eigenvalue weighted by Gasteiger charge is -2.38. The van der Waals surface area contributed by atoms with Crippen LogP contribution in [0.25, 0.3) is 0 Å². The van der Waals surface area contributed by atoms with Crippen molar-refractivity contribution in [1.29, 1.82) is 0 Å². The molecule has 0 radical (unpaired) electrons. The fourth-order valence-corrected chi connectivity index (χ4v) is 5.75. The first-order chi connectivity index (χ1) is 19.3. The predicted molar refractivity (Wildman–Crippen MR) is 142 cm³/mol. The molecule has 1 saturated carbocycles. The molecule has 0 bridgehead atoms. The third-order valence-electron chi connectivity index (χ3n) is 8.06. The van der Waals surface area contributed by atoms with Crippen molar-refractivity contribution in [3.8, 4) is 0 Å². The number of benzene rings is 2. The Morgan fingerprint density at radius 1 is 0.850 bits per heavy atom. The molecule has 0 spiro atoms. The van der Waals surface area contributed by atoms with E-state index in [1.54, 1.807) is 47.4 Å². The minimum atomic E-state index is -1.03. The standard InChI is InChI=1S/C29H29N5O6/c35-22-12-11-21(26(37)30-22)34-27(38)19-7-4-8-20(23(19)28(34)39)32-13-15-33(16-14-32)29(40)24(17-9-10-17)31-25(36)18-5-2-1-3-6-18/h1-8,17,21,24H,9-16H2,(H,31,36)(H,30,35,37). The normalized spacial score (nSPS) is 21.7. The summed E-state index contributed by atoms with van der Waals surface area (Å²) in [5.74, 6) is -2.43. The van der Waals surface area contributed by atoms with Crippen LogP contribution in [-0.4, -0.2) is 83.5 Å². The van der Waals surface area contributed by atoms with E-state index in [0.717, 1.165) is 17.7 Å². The van der Waals surface area contributed by atoms with E-state index in [0.29, 0.717) is 37.4 Å². The van der Waals surface area contributed by atoms with Gasteiger partial charge in [-0.15, -0.1) is 0 Å². The highest BCUT2D eigenvalue weighted by Crippen LogP contribution is 2.36. The first-order valence-corrected chi connectivity index (χ1v) is 13.6. The Bertz CT molecular complexity index is 1410. The van der Waals surface area contributed by atoms with E-state index < -0.39 is 35.7 Å². The van der Waals surface area contributed by atoms with Gasteiger partial charge in [-0.3, -0.25) is 39.0 Å². The highest BCUT2D eigenvalue weighted by Gasteiger charge is 2.46. The molecule has 2 atom stereocenters. The van der Waals surface area contributed by atoms with Crippen LogP contribution in [0.5, 0.6) is 0 Å². The average molecular weight is 544 g/mol. The Balaban J connectivity index is 1.14. The zero-order chi connectivity index (χ0) is 28.0. The van der Waals surface area contributed by atoms with Crippen molar-refractivity contribution < 1.29 is 28.8 Å². The summed E-state index contributed by atoms with van der Waals surface area (Å²) in [6, 6.07) is 12.3. The molecular weight excluding hydrogens is 514 g/mol. The predicted octanol–water partition coefficient (Wildman–Crippen LogP) is 0.945. The van der Waals surface area contributed by atoms with E-state index in [-0.39, 0.29) is 41.7 Å².